The van der Waals surface area contributed by atoms with Crippen LogP contribution >= 0.6 is 11.6 Å². The summed E-state index contributed by atoms with van der Waals surface area (Å²) in [5.41, 5.74) is 1.57. The Balaban J connectivity index is 1.56. The zero-order chi connectivity index (χ0) is 17.9. The highest BCUT2D eigenvalue weighted by molar-refractivity contribution is 6.30. The molecule has 4 rings (SSSR count). The molecule has 1 atom stereocenters. The molecule has 2 aromatic carbocycles. The quantitative estimate of drug-likeness (QED) is 0.582. The molecule has 0 saturated heterocycles. The Morgan fingerprint density at radius 3 is 2.62 bits per heavy atom. The van der Waals surface area contributed by atoms with E-state index in [0.717, 1.165) is 11.1 Å². The molecule has 1 unspecified atom stereocenters. The van der Waals surface area contributed by atoms with E-state index in [1.165, 1.54) is 0 Å². The molecule has 1 N–H and O–H groups in total. The summed E-state index contributed by atoms with van der Waals surface area (Å²) < 4.78 is 7.12. The van der Waals surface area contributed by atoms with E-state index in [1.807, 2.05) is 42.5 Å². The lowest BCUT2D eigenvalue weighted by molar-refractivity contribution is 0.205. The second-order valence-corrected chi connectivity index (χ2v) is 6.19. The summed E-state index contributed by atoms with van der Waals surface area (Å²) >= 11 is 5.90. The fraction of sp³-hybridized carbons (Fsp3) is 0.105. The minimum Gasteiger partial charge on any atom is -0.380 e. The number of aliphatic hydroxyl groups is 1. The van der Waals surface area contributed by atoms with Crippen molar-refractivity contribution < 1.29 is 9.63 Å². The Morgan fingerprint density at radius 2 is 1.85 bits per heavy atom. The molecular formula is C19H15ClN4O2. The monoisotopic (exact) mass is 366 g/mol. The van der Waals surface area contributed by atoms with Crippen molar-refractivity contribution in [3.05, 3.63) is 89.2 Å². The second-order valence-electron chi connectivity index (χ2n) is 5.75. The van der Waals surface area contributed by atoms with Gasteiger partial charge in [0.05, 0.1) is 6.54 Å². The Labute approximate surface area is 154 Å². The number of aromatic nitrogens is 4. The Hall–Kier alpha value is -2.96. The third-order valence-electron chi connectivity index (χ3n) is 3.98. The first-order chi connectivity index (χ1) is 12.7. The van der Waals surface area contributed by atoms with Crippen LogP contribution in [-0.2, 0) is 6.54 Å². The Kier molecular flexibility index (Phi) is 4.51. The molecule has 0 aliphatic heterocycles. The maximum atomic E-state index is 10.6. The minimum absolute atomic E-state index is 0.344. The van der Waals surface area contributed by atoms with Gasteiger partial charge in [-0.05, 0) is 29.8 Å². The molecular weight excluding hydrogens is 352 g/mol. The third kappa shape index (κ3) is 3.37. The Morgan fingerprint density at radius 1 is 1.08 bits per heavy atom. The van der Waals surface area contributed by atoms with Crippen molar-refractivity contribution in [3.8, 4) is 11.5 Å². The minimum atomic E-state index is -0.825. The molecule has 4 aromatic rings. The molecule has 0 aliphatic rings. The zero-order valence-electron chi connectivity index (χ0n) is 13.7. The summed E-state index contributed by atoms with van der Waals surface area (Å²) in [6.07, 6.45) is 2.59. The van der Waals surface area contributed by atoms with Gasteiger partial charge in [0, 0.05) is 23.0 Å². The van der Waals surface area contributed by atoms with Crippen LogP contribution in [0.3, 0.4) is 0 Å². The molecule has 0 aliphatic carbocycles. The van der Waals surface area contributed by atoms with Crippen LogP contribution in [0.1, 0.15) is 23.3 Å². The molecule has 0 amide bonds. The molecule has 6 nitrogen and oxygen atoms in total. The number of hydrogen-bond acceptors (Lipinski definition) is 5. The smallest absolute Gasteiger partial charge is 0.257 e. The number of benzene rings is 2. The molecule has 26 heavy (non-hydrogen) atoms. The predicted octanol–water partition coefficient (Wildman–Crippen LogP) is 3.72. The first kappa shape index (κ1) is 16.5. The standard InChI is InChI=1S/C19H15ClN4O2/c20-15-8-6-14(7-9-15)19-22-16(23-26-19)12-24-11-10-21-18(24)17(25)13-4-2-1-3-5-13/h1-11,17,25H,12H2. The van der Waals surface area contributed by atoms with Crippen LogP contribution in [0.2, 0.25) is 5.02 Å². The van der Waals surface area contributed by atoms with E-state index < -0.39 is 6.10 Å². The highest BCUT2D eigenvalue weighted by atomic mass is 35.5. The molecule has 0 radical (unpaired) electrons. The highest BCUT2D eigenvalue weighted by Crippen LogP contribution is 2.22. The molecule has 7 heteroatoms. The van der Waals surface area contributed by atoms with Gasteiger partial charge in [-0.2, -0.15) is 4.98 Å². The molecule has 130 valence electrons. The summed E-state index contributed by atoms with van der Waals surface area (Å²) in [7, 11) is 0. The van der Waals surface area contributed by atoms with Crippen molar-refractivity contribution in [1.82, 2.24) is 19.7 Å². The second kappa shape index (κ2) is 7.11. The van der Waals surface area contributed by atoms with Gasteiger partial charge in [0.15, 0.2) is 5.82 Å². The van der Waals surface area contributed by atoms with Crippen molar-refractivity contribution in [2.24, 2.45) is 0 Å². The van der Waals surface area contributed by atoms with E-state index in [0.29, 0.717) is 29.1 Å². The van der Waals surface area contributed by atoms with Crippen LogP contribution in [0.4, 0.5) is 0 Å². The van der Waals surface area contributed by atoms with Gasteiger partial charge in [-0.1, -0.05) is 47.1 Å². The summed E-state index contributed by atoms with van der Waals surface area (Å²) in [6, 6.07) is 16.6. The van der Waals surface area contributed by atoms with E-state index >= 15 is 0 Å². The normalized spacial score (nSPS) is 12.2. The van der Waals surface area contributed by atoms with Crippen molar-refractivity contribution >= 4 is 11.6 Å². The van der Waals surface area contributed by atoms with Crippen molar-refractivity contribution in [2.75, 3.05) is 0 Å². The maximum Gasteiger partial charge on any atom is 0.257 e. The fourth-order valence-electron chi connectivity index (χ4n) is 2.67. The summed E-state index contributed by atoms with van der Waals surface area (Å²) in [5, 5.41) is 15.2. The number of rotatable bonds is 5. The SMILES string of the molecule is OC(c1ccccc1)c1nccn1Cc1noc(-c2ccc(Cl)cc2)n1. The van der Waals surface area contributed by atoms with Gasteiger partial charge in [-0.3, -0.25) is 0 Å². The number of imidazole rings is 1. The van der Waals surface area contributed by atoms with Gasteiger partial charge in [0.2, 0.25) is 0 Å². The van der Waals surface area contributed by atoms with Crippen molar-refractivity contribution in [2.45, 2.75) is 12.6 Å². The van der Waals surface area contributed by atoms with Crippen LogP contribution in [0.25, 0.3) is 11.5 Å². The van der Waals surface area contributed by atoms with Gasteiger partial charge in [0.1, 0.15) is 11.9 Å². The fourth-order valence-corrected chi connectivity index (χ4v) is 2.79. The van der Waals surface area contributed by atoms with Gasteiger partial charge >= 0.3 is 0 Å². The van der Waals surface area contributed by atoms with Crippen LogP contribution < -0.4 is 0 Å². The zero-order valence-corrected chi connectivity index (χ0v) is 14.4. The lowest BCUT2D eigenvalue weighted by Gasteiger charge is -2.12. The lowest BCUT2D eigenvalue weighted by Crippen LogP contribution is -2.11. The lowest BCUT2D eigenvalue weighted by atomic mass is 10.1. The molecule has 0 saturated carbocycles. The molecule has 2 heterocycles. The molecule has 0 bridgehead atoms. The topological polar surface area (TPSA) is 77.0 Å². The molecule has 0 spiro atoms. The van der Waals surface area contributed by atoms with Gasteiger partial charge in [-0.15, -0.1) is 0 Å². The number of aliphatic hydroxyl groups excluding tert-OH is 1. The third-order valence-corrected chi connectivity index (χ3v) is 4.23. The largest absolute Gasteiger partial charge is 0.380 e. The maximum absolute atomic E-state index is 10.6. The van der Waals surface area contributed by atoms with Crippen LogP contribution in [-0.4, -0.2) is 24.8 Å². The van der Waals surface area contributed by atoms with E-state index in [9.17, 15) is 5.11 Å². The number of halogens is 1. The van der Waals surface area contributed by atoms with E-state index in [-0.39, 0.29) is 0 Å². The van der Waals surface area contributed by atoms with Crippen molar-refractivity contribution in [1.29, 1.82) is 0 Å². The van der Waals surface area contributed by atoms with E-state index in [1.54, 1.807) is 29.1 Å². The molecule has 0 fully saturated rings. The first-order valence-corrected chi connectivity index (χ1v) is 8.41. The summed E-state index contributed by atoms with van der Waals surface area (Å²) in [5.74, 6) is 1.44. The van der Waals surface area contributed by atoms with E-state index in [2.05, 4.69) is 15.1 Å². The number of hydrogen-bond donors (Lipinski definition) is 1. The van der Waals surface area contributed by atoms with Crippen molar-refractivity contribution in [3.63, 3.8) is 0 Å². The summed E-state index contributed by atoms with van der Waals surface area (Å²) in [6.45, 7) is 0.344. The number of nitrogens with zero attached hydrogens (tertiary/aromatic N) is 4. The predicted molar refractivity (Wildman–Crippen MR) is 96.6 cm³/mol. The van der Waals surface area contributed by atoms with Crippen LogP contribution in [0.5, 0.6) is 0 Å². The first-order valence-electron chi connectivity index (χ1n) is 8.03. The molecule has 2 aromatic heterocycles. The van der Waals surface area contributed by atoms with Crippen LogP contribution in [0.15, 0.2) is 71.5 Å². The van der Waals surface area contributed by atoms with Gasteiger partial charge < -0.3 is 14.2 Å². The highest BCUT2D eigenvalue weighted by Gasteiger charge is 2.17. The average molecular weight is 367 g/mol. The average Bonchev–Trinajstić information content (AvgIpc) is 3.33. The Bertz CT molecular complexity index is 996. The van der Waals surface area contributed by atoms with Crippen LogP contribution in [0, 0.1) is 0 Å². The van der Waals surface area contributed by atoms with Gasteiger partial charge in [0.25, 0.3) is 5.89 Å². The summed E-state index contributed by atoms with van der Waals surface area (Å²) in [4.78, 5) is 8.68. The van der Waals surface area contributed by atoms with E-state index in [4.69, 9.17) is 16.1 Å². The van der Waals surface area contributed by atoms with Gasteiger partial charge in [-0.25, -0.2) is 4.98 Å².